The highest BCUT2D eigenvalue weighted by molar-refractivity contribution is 5.07. The number of hydrogen-bond acceptors (Lipinski definition) is 2. The largest absolute Gasteiger partial charge is 0.388 e. The van der Waals surface area contributed by atoms with E-state index in [-0.39, 0.29) is 5.60 Å². The lowest BCUT2D eigenvalue weighted by Crippen LogP contribution is -2.64. The smallest absolute Gasteiger partial charge is 0.0855 e. The molecule has 1 aliphatic heterocycles. The van der Waals surface area contributed by atoms with Crippen molar-refractivity contribution in [2.75, 3.05) is 6.54 Å². The van der Waals surface area contributed by atoms with Crippen molar-refractivity contribution < 1.29 is 5.11 Å². The molecule has 2 unspecified atom stereocenters. The highest BCUT2D eigenvalue weighted by atomic mass is 16.3. The summed E-state index contributed by atoms with van der Waals surface area (Å²) in [5.41, 5.74) is -0.371. The molecule has 2 aliphatic carbocycles. The maximum atomic E-state index is 11.4. The van der Waals surface area contributed by atoms with Crippen LogP contribution in [-0.2, 0) is 0 Å². The highest BCUT2D eigenvalue weighted by Crippen LogP contribution is 2.50. The van der Waals surface area contributed by atoms with Crippen molar-refractivity contribution in [3.63, 3.8) is 0 Å². The summed E-state index contributed by atoms with van der Waals surface area (Å²) in [6.07, 6.45) is 11.5. The molecular weight excluding hydrogens is 222 g/mol. The molecule has 0 aromatic rings. The molecule has 2 saturated carbocycles. The van der Waals surface area contributed by atoms with Crippen LogP contribution >= 0.6 is 0 Å². The SMILES string of the molecule is CCC1CCNC(C(O)(C2CCC2)C2CCC2)C1. The molecule has 3 fully saturated rings. The average molecular weight is 251 g/mol. The standard InChI is InChI=1S/C16H29NO/c1-2-12-9-10-17-15(11-12)16(18,13-5-3-6-13)14-7-4-8-14/h12-15,17-18H,2-11H2,1H3. The molecule has 3 rings (SSSR count). The maximum absolute atomic E-state index is 11.4. The molecule has 0 amide bonds. The van der Waals surface area contributed by atoms with Gasteiger partial charge in [0.15, 0.2) is 0 Å². The normalized spacial score (nSPS) is 35.0. The van der Waals surface area contributed by atoms with Gasteiger partial charge in [0.2, 0.25) is 0 Å². The van der Waals surface area contributed by atoms with Crippen LogP contribution in [0.5, 0.6) is 0 Å². The van der Waals surface area contributed by atoms with E-state index in [1.807, 2.05) is 0 Å². The molecule has 1 heterocycles. The van der Waals surface area contributed by atoms with Crippen molar-refractivity contribution in [1.29, 1.82) is 0 Å². The fourth-order valence-electron chi connectivity index (χ4n) is 4.36. The van der Waals surface area contributed by atoms with Crippen LogP contribution in [-0.4, -0.2) is 23.3 Å². The van der Waals surface area contributed by atoms with E-state index in [9.17, 15) is 5.11 Å². The van der Waals surface area contributed by atoms with Gasteiger partial charge in [-0.25, -0.2) is 0 Å². The topological polar surface area (TPSA) is 32.3 Å². The lowest BCUT2D eigenvalue weighted by Gasteiger charge is -2.55. The van der Waals surface area contributed by atoms with Crippen LogP contribution in [0.15, 0.2) is 0 Å². The number of nitrogens with one attached hydrogen (secondary N) is 1. The summed E-state index contributed by atoms with van der Waals surface area (Å²) in [6.45, 7) is 3.42. The molecule has 18 heavy (non-hydrogen) atoms. The van der Waals surface area contributed by atoms with E-state index in [2.05, 4.69) is 12.2 Å². The quantitative estimate of drug-likeness (QED) is 0.804. The molecule has 2 heteroatoms. The molecule has 3 aliphatic rings. The second kappa shape index (κ2) is 5.13. The van der Waals surface area contributed by atoms with E-state index >= 15 is 0 Å². The van der Waals surface area contributed by atoms with Crippen molar-refractivity contribution in [3.8, 4) is 0 Å². The second-order valence-electron chi connectivity index (χ2n) is 6.95. The summed E-state index contributed by atoms with van der Waals surface area (Å²) in [4.78, 5) is 0. The molecule has 0 aromatic heterocycles. The Balaban J connectivity index is 1.74. The van der Waals surface area contributed by atoms with Gasteiger partial charge in [0.1, 0.15) is 0 Å². The van der Waals surface area contributed by atoms with Crippen LogP contribution in [0.1, 0.15) is 64.7 Å². The minimum atomic E-state index is -0.371. The number of hydrogen-bond donors (Lipinski definition) is 2. The van der Waals surface area contributed by atoms with E-state index in [4.69, 9.17) is 0 Å². The van der Waals surface area contributed by atoms with Crippen LogP contribution in [0.2, 0.25) is 0 Å². The van der Waals surface area contributed by atoms with Crippen LogP contribution < -0.4 is 5.32 Å². The number of piperidine rings is 1. The predicted octanol–water partition coefficient (Wildman–Crippen LogP) is 3.10. The van der Waals surface area contributed by atoms with Gasteiger partial charge in [-0.05, 0) is 62.8 Å². The van der Waals surface area contributed by atoms with Crippen LogP contribution in [0.4, 0.5) is 0 Å². The second-order valence-corrected chi connectivity index (χ2v) is 6.95. The number of rotatable bonds is 4. The fourth-order valence-corrected chi connectivity index (χ4v) is 4.36. The van der Waals surface area contributed by atoms with Gasteiger partial charge in [-0.3, -0.25) is 0 Å². The molecule has 2 atom stereocenters. The third kappa shape index (κ3) is 2.02. The van der Waals surface area contributed by atoms with Crippen molar-refractivity contribution in [2.45, 2.75) is 76.4 Å². The van der Waals surface area contributed by atoms with Crippen LogP contribution in [0, 0.1) is 17.8 Å². The summed E-state index contributed by atoms with van der Waals surface area (Å²) < 4.78 is 0. The van der Waals surface area contributed by atoms with E-state index in [1.165, 1.54) is 57.8 Å². The Hall–Kier alpha value is -0.0800. The lowest BCUT2D eigenvalue weighted by atomic mass is 9.57. The fraction of sp³-hybridized carbons (Fsp3) is 1.00. The summed E-state index contributed by atoms with van der Waals surface area (Å²) in [6, 6.07) is 0.381. The third-order valence-corrected chi connectivity index (χ3v) is 6.17. The molecule has 104 valence electrons. The van der Waals surface area contributed by atoms with Gasteiger partial charge in [0, 0.05) is 6.04 Å². The van der Waals surface area contributed by atoms with E-state index in [0.29, 0.717) is 17.9 Å². The van der Waals surface area contributed by atoms with Gasteiger partial charge >= 0.3 is 0 Å². The molecule has 0 aromatic carbocycles. The van der Waals surface area contributed by atoms with Crippen molar-refractivity contribution in [1.82, 2.24) is 5.32 Å². The first-order chi connectivity index (χ1) is 8.75. The average Bonchev–Trinajstić information content (AvgIpc) is 2.24. The summed E-state index contributed by atoms with van der Waals surface area (Å²) in [5, 5.41) is 15.1. The van der Waals surface area contributed by atoms with Gasteiger partial charge in [-0.15, -0.1) is 0 Å². The van der Waals surface area contributed by atoms with Crippen LogP contribution in [0.3, 0.4) is 0 Å². The highest BCUT2D eigenvalue weighted by Gasteiger charge is 2.53. The lowest BCUT2D eigenvalue weighted by molar-refractivity contribution is -0.149. The zero-order valence-corrected chi connectivity index (χ0v) is 11.8. The third-order valence-electron chi connectivity index (χ3n) is 6.17. The van der Waals surface area contributed by atoms with Gasteiger partial charge in [0.25, 0.3) is 0 Å². The first-order valence-corrected chi connectivity index (χ1v) is 8.20. The Bertz CT molecular complexity index is 269. The molecule has 2 nitrogen and oxygen atoms in total. The zero-order chi connectivity index (χ0) is 12.6. The zero-order valence-electron chi connectivity index (χ0n) is 11.8. The monoisotopic (exact) mass is 251 g/mol. The Labute approximate surface area is 112 Å². The summed E-state index contributed by atoms with van der Waals surface area (Å²) in [5.74, 6) is 2.02. The van der Waals surface area contributed by atoms with Gasteiger partial charge < -0.3 is 10.4 Å². The minimum Gasteiger partial charge on any atom is -0.388 e. The molecule has 0 bridgehead atoms. The van der Waals surface area contributed by atoms with Crippen LogP contribution in [0.25, 0.3) is 0 Å². The Morgan fingerprint density at radius 2 is 1.67 bits per heavy atom. The van der Waals surface area contributed by atoms with Gasteiger partial charge in [-0.1, -0.05) is 26.2 Å². The Morgan fingerprint density at radius 1 is 1.06 bits per heavy atom. The number of aliphatic hydroxyl groups is 1. The molecule has 2 N–H and O–H groups in total. The molecular formula is C16H29NO. The summed E-state index contributed by atoms with van der Waals surface area (Å²) >= 11 is 0. The van der Waals surface area contributed by atoms with Crippen molar-refractivity contribution in [2.24, 2.45) is 17.8 Å². The maximum Gasteiger partial charge on any atom is 0.0855 e. The predicted molar refractivity (Wildman–Crippen MR) is 74.4 cm³/mol. The van der Waals surface area contributed by atoms with Gasteiger partial charge in [0.05, 0.1) is 5.60 Å². The minimum absolute atomic E-state index is 0.371. The molecule has 1 saturated heterocycles. The Morgan fingerprint density at radius 3 is 2.11 bits per heavy atom. The van der Waals surface area contributed by atoms with Crippen molar-refractivity contribution >= 4 is 0 Å². The van der Waals surface area contributed by atoms with E-state index < -0.39 is 0 Å². The van der Waals surface area contributed by atoms with Crippen molar-refractivity contribution in [3.05, 3.63) is 0 Å². The molecule has 0 spiro atoms. The molecule has 0 radical (unpaired) electrons. The van der Waals surface area contributed by atoms with E-state index in [0.717, 1.165) is 12.5 Å². The van der Waals surface area contributed by atoms with E-state index in [1.54, 1.807) is 0 Å². The first kappa shape index (κ1) is 12.9. The Kier molecular flexibility index (Phi) is 3.68. The van der Waals surface area contributed by atoms with Gasteiger partial charge in [-0.2, -0.15) is 0 Å². The summed E-state index contributed by atoms with van der Waals surface area (Å²) in [7, 11) is 0. The first-order valence-electron chi connectivity index (χ1n) is 8.20.